The molecule has 1 unspecified atom stereocenters. The molecule has 112 valence electrons. The number of oxazole rings is 1. The van der Waals surface area contributed by atoms with Crippen molar-refractivity contribution in [3.05, 3.63) is 41.3 Å². The average Bonchev–Trinajstić information content (AvgIpc) is 2.80. The van der Waals surface area contributed by atoms with Crippen molar-refractivity contribution < 1.29 is 9.52 Å². The van der Waals surface area contributed by atoms with E-state index in [0.29, 0.717) is 5.89 Å². The van der Waals surface area contributed by atoms with Crippen LogP contribution in [-0.4, -0.2) is 34.2 Å². The van der Waals surface area contributed by atoms with Gasteiger partial charge in [0.1, 0.15) is 5.76 Å². The molecule has 0 saturated carbocycles. The van der Waals surface area contributed by atoms with Crippen molar-refractivity contribution in [2.24, 2.45) is 0 Å². The van der Waals surface area contributed by atoms with Gasteiger partial charge in [-0.25, -0.2) is 4.98 Å². The lowest BCUT2D eigenvalue weighted by Gasteiger charge is -2.29. The quantitative estimate of drug-likeness (QED) is 0.942. The van der Waals surface area contributed by atoms with Crippen LogP contribution in [0.4, 0.5) is 0 Å². The van der Waals surface area contributed by atoms with Gasteiger partial charge >= 0.3 is 0 Å². The van der Waals surface area contributed by atoms with Crippen LogP contribution in [0.5, 0.6) is 0 Å². The number of nitrogens with zero attached hydrogens (tertiary/aromatic N) is 2. The van der Waals surface area contributed by atoms with Crippen molar-refractivity contribution in [2.45, 2.75) is 39.3 Å². The predicted octanol–water partition coefficient (Wildman–Crippen LogP) is 2.92. The molecule has 1 aliphatic rings. The van der Waals surface area contributed by atoms with Crippen LogP contribution in [0.1, 0.15) is 29.9 Å². The summed E-state index contributed by atoms with van der Waals surface area (Å²) in [5.41, 5.74) is 3.19. The van der Waals surface area contributed by atoms with Gasteiger partial charge in [-0.15, -0.1) is 0 Å². The van der Waals surface area contributed by atoms with Gasteiger partial charge in [0, 0.05) is 18.7 Å². The summed E-state index contributed by atoms with van der Waals surface area (Å²) in [6.45, 7) is 6.52. The smallest absolute Gasteiger partial charge is 0.226 e. The van der Waals surface area contributed by atoms with Gasteiger partial charge in [-0.2, -0.15) is 0 Å². The summed E-state index contributed by atoms with van der Waals surface area (Å²) in [5.74, 6) is 1.56. The first kappa shape index (κ1) is 14.3. The third-order valence-corrected chi connectivity index (χ3v) is 4.12. The van der Waals surface area contributed by atoms with E-state index in [1.54, 1.807) is 0 Å². The van der Waals surface area contributed by atoms with Crippen molar-refractivity contribution in [3.63, 3.8) is 0 Å². The number of benzene rings is 1. The minimum absolute atomic E-state index is 0.207. The molecule has 21 heavy (non-hydrogen) atoms. The van der Waals surface area contributed by atoms with Crippen LogP contribution in [0, 0.1) is 13.8 Å². The van der Waals surface area contributed by atoms with Gasteiger partial charge < -0.3 is 9.52 Å². The first-order chi connectivity index (χ1) is 10.1. The van der Waals surface area contributed by atoms with E-state index in [4.69, 9.17) is 4.42 Å². The van der Waals surface area contributed by atoms with Gasteiger partial charge in [-0.05, 0) is 44.9 Å². The van der Waals surface area contributed by atoms with Crippen LogP contribution < -0.4 is 0 Å². The van der Waals surface area contributed by atoms with Crippen molar-refractivity contribution in [2.75, 3.05) is 13.1 Å². The molecule has 0 spiro atoms. The van der Waals surface area contributed by atoms with Crippen LogP contribution >= 0.6 is 0 Å². The Bertz CT molecular complexity index is 621. The fourth-order valence-electron chi connectivity index (χ4n) is 2.89. The third kappa shape index (κ3) is 3.17. The van der Waals surface area contributed by atoms with Gasteiger partial charge in [-0.3, -0.25) is 4.90 Å². The molecule has 2 heterocycles. The molecule has 0 radical (unpaired) electrons. The highest BCUT2D eigenvalue weighted by Gasteiger charge is 2.20. The number of aromatic nitrogens is 1. The predicted molar refractivity (Wildman–Crippen MR) is 81.9 cm³/mol. The molecule has 1 atom stereocenters. The van der Waals surface area contributed by atoms with Crippen LogP contribution in [0.25, 0.3) is 11.5 Å². The highest BCUT2D eigenvalue weighted by molar-refractivity contribution is 5.58. The Morgan fingerprint density at radius 3 is 2.90 bits per heavy atom. The number of rotatable bonds is 3. The molecule has 1 saturated heterocycles. The Morgan fingerprint density at radius 1 is 1.33 bits per heavy atom. The Morgan fingerprint density at radius 2 is 2.14 bits per heavy atom. The normalized spacial score (nSPS) is 19.9. The summed E-state index contributed by atoms with van der Waals surface area (Å²) >= 11 is 0. The number of aliphatic hydroxyl groups excluding tert-OH is 1. The van der Waals surface area contributed by atoms with Crippen molar-refractivity contribution in [3.8, 4) is 11.5 Å². The number of β-amino-alcohol motifs (C(OH)–C–C–N with tert-alkyl or cyclic N) is 1. The highest BCUT2D eigenvalue weighted by Crippen LogP contribution is 2.25. The van der Waals surface area contributed by atoms with E-state index in [2.05, 4.69) is 22.9 Å². The second kappa shape index (κ2) is 6.00. The Hall–Kier alpha value is -1.65. The highest BCUT2D eigenvalue weighted by atomic mass is 16.4. The average molecular weight is 286 g/mol. The Labute approximate surface area is 125 Å². The maximum Gasteiger partial charge on any atom is 0.226 e. The van der Waals surface area contributed by atoms with Crippen LogP contribution in [0.2, 0.25) is 0 Å². The van der Waals surface area contributed by atoms with Gasteiger partial charge in [0.05, 0.1) is 11.8 Å². The summed E-state index contributed by atoms with van der Waals surface area (Å²) < 4.78 is 5.85. The van der Waals surface area contributed by atoms with Crippen LogP contribution in [0.15, 0.2) is 28.7 Å². The zero-order valence-corrected chi connectivity index (χ0v) is 12.7. The van der Waals surface area contributed by atoms with E-state index in [0.717, 1.165) is 49.5 Å². The SMILES string of the molecule is Cc1ccccc1-c1nc(CN2CCCC(O)C2)c(C)o1. The maximum atomic E-state index is 9.76. The zero-order valence-electron chi connectivity index (χ0n) is 12.7. The first-order valence-corrected chi connectivity index (χ1v) is 7.56. The molecule has 0 amide bonds. The fourth-order valence-corrected chi connectivity index (χ4v) is 2.89. The van der Waals surface area contributed by atoms with Gasteiger partial charge in [0.25, 0.3) is 0 Å². The summed E-state index contributed by atoms with van der Waals surface area (Å²) in [4.78, 5) is 6.92. The minimum Gasteiger partial charge on any atom is -0.441 e. The van der Waals surface area contributed by atoms with Gasteiger partial charge in [-0.1, -0.05) is 18.2 Å². The standard InChI is InChI=1S/C17H22N2O2/c1-12-6-3-4-8-15(12)17-18-16(13(2)21-17)11-19-9-5-7-14(20)10-19/h3-4,6,8,14,20H,5,7,9-11H2,1-2H3. The van der Waals surface area contributed by atoms with Crippen LogP contribution in [-0.2, 0) is 6.54 Å². The molecule has 1 aliphatic heterocycles. The number of hydrogen-bond donors (Lipinski definition) is 1. The molecule has 4 nitrogen and oxygen atoms in total. The van der Waals surface area contributed by atoms with Crippen LogP contribution in [0.3, 0.4) is 0 Å². The van der Waals surface area contributed by atoms with E-state index in [1.165, 1.54) is 5.56 Å². The molecule has 4 heteroatoms. The fraction of sp³-hybridized carbons (Fsp3) is 0.471. The molecule has 1 aromatic heterocycles. The minimum atomic E-state index is -0.207. The topological polar surface area (TPSA) is 49.5 Å². The Balaban J connectivity index is 1.80. The van der Waals surface area contributed by atoms with Gasteiger partial charge in [0.15, 0.2) is 0 Å². The molecule has 2 aromatic rings. The lowest BCUT2D eigenvalue weighted by atomic mass is 10.1. The van der Waals surface area contributed by atoms with Crippen molar-refractivity contribution >= 4 is 0 Å². The number of hydrogen-bond acceptors (Lipinski definition) is 4. The monoisotopic (exact) mass is 286 g/mol. The zero-order chi connectivity index (χ0) is 14.8. The second-order valence-electron chi connectivity index (χ2n) is 5.87. The number of likely N-dealkylation sites (tertiary alicyclic amines) is 1. The largest absolute Gasteiger partial charge is 0.441 e. The molecule has 3 rings (SSSR count). The molecular weight excluding hydrogens is 264 g/mol. The molecule has 0 aliphatic carbocycles. The second-order valence-corrected chi connectivity index (χ2v) is 5.87. The maximum absolute atomic E-state index is 9.76. The van der Waals surface area contributed by atoms with Gasteiger partial charge in [0.2, 0.25) is 5.89 Å². The van der Waals surface area contributed by atoms with E-state index in [-0.39, 0.29) is 6.10 Å². The molecule has 1 aromatic carbocycles. The van der Waals surface area contributed by atoms with E-state index >= 15 is 0 Å². The third-order valence-electron chi connectivity index (χ3n) is 4.12. The van der Waals surface area contributed by atoms with Crippen molar-refractivity contribution in [1.82, 2.24) is 9.88 Å². The molecule has 0 bridgehead atoms. The number of aryl methyl sites for hydroxylation is 2. The summed E-state index contributed by atoms with van der Waals surface area (Å²) in [6.07, 6.45) is 1.74. The van der Waals surface area contributed by atoms with Crippen molar-refractivity contribution in [1.29, 1.82) is 0 Å². The summed E-state index contributed by atoms with van der Waals surface area (Å²) in [7, 11) is 0. The Kier molecular flexibility index (Phi) is 4.08. The summed E-state index contributed by atoms with van der Waals surface area (Å²) in [6, 6.07) is 8.12. The van der Waals surface area contributed by atoms with E-state index < -0.39 is 0 Å². The molecule has 1 N–H and O–H groups in total. The van der Waals surface area contributed by atoms with E-state index in [1.807, 2.05) is 25.1 Å². The summed E-state index contributed by atoms with van der Waals surface area (Å²) in [5, 5.41) is 9.76. The molecular formula is C17H22N2O2. The lowest BCUT2D eigenvalue weighted by molar-refractivity contribution is 0.0660. The first-order valence-electron chi connectivity index (χ1n) is 7.56. The lowest BCUT2D eigenvalue weighted by Crippen LogP contribution is -2.37. The number of aliphatic hydroxyl groups is 1. The number of piperidine rings is 1. The molecule has 1 fully saturated rings. The van der Waals surface area contributed by atoms with E-state index in [9.17, 15) is 5.11 Å².